The molecule has 0 bridgehead atoms. The van der Waals surface area contributed by atoms with Gasteiger partial charge in [0.15, 0.2) is 5.78 Å². The van der Waals surface area contributed by atoms with Crippen molar-refractivity contribution in [1.82, 2.24) is 0 Å². The van der Waals surface area contributed by atoms with Crippen LogP contribution in [0.5, 0.6) is 0 Å². The third-order valence-electron chi connectivity index (χ3n) is 5.19. The first kappa shape index (κ1) is 10.5. The minimum Gasteiger partial charge on any atom is -0.295 e. The van der Waals surface area contributed by atoms with E-state index >= 15 is 0 Å². The molecule has 0 N–H and O–H groups in total. The lowest BCUT2D eigenvalue weighted by Crippen LogP contribution is -2.35. The minimum absolute atomic E-state index is 0.319. The zero-order valence-electron chi connectivity index (χ0n) is 10.5. The highest BCUT2D eigenvalue weighted by Crippen LogP contribution is 2.51. The first-order valence-electron chi connectivity index (χ1n) is 7.14. The Balaban J connectivity index is 1.73. The fourth-order valence-electron chi connectivity index (χ4n) is 4.34. The first-order valence-corrected chi connectivity index (χ1v) is 7.14. The quantitative estimate of drug-likeness (QED) is 0.630. The number of carbonyl (C=O) groups excluding carboxylic acids is 1. The zero-order chi connectivity index (χ0) is 12.1. The van der Waals surface area contributed by atoms with Crippen LogP contribution in [0.3, 0.4) is 0 Å². The highest BCUT2D eigenvalue weighted by Gasteiger charge is 2.41. The van der Waals surface area contributed by atoms with Gasteiger partial charge in [0.05, 0.1) is 0 Å². The molecule has 4 aliphatic rings. The molecule has 4 rings (SSSR count). The van der Waals surface area contributed by atoms with Gasteiger partial charge in [0, 0.05) is 12.3 Å². The van der Waals surface area contributed by atoms with Crippen LogP contribution in [0.15, 0.2) is 47.6 Å². The van der Waals surface area contributed by atoms with Gasteiger partial charge in [-0.1, -0.05) is 36.0 Å². The van der Waals surface area contributed by atoms with Gasteiger partial charge < -0.3 is 0 Å². The van der Waals surface area contributed by atoms with Crippen LogP contribution in [0.2, 0.25) is 0 Å². The van der Waals surface area contributed by atoms with E-state index in [4.69, 9.17) is 0 Å². The molecule has 92 valence electrons. The lowest BCUT2D eigenvalue weighted by Gasteiger charge is -2.43. The van der Waals surface area contributed by atoms with Crippen LogP contribution in [0, 0.1) is 23.7 Å². The number of ketones is 1. The molecule has 0 aliphatic heterocycles. The molecule has 4 aliphatic carbocycles. The summed E-state index contributed by atoms with van der Waals surface area (Å²) in [6, 6.07) is 0. The Labute approximate surface area is 108 Å². The van der Waals surface area contributed by atoms with Crippen molar-refractivity contribution in [3.8, 4) is 0 Å². The van der Waals surface area contributed by atoms with Crippen molar-refractivity contribution in [2.24, 2.45) is 23.7 Å². The third-order valence-corrected chi connectivity index (χ3v) is 5.19. The Morgan fingerprint density at radius 1 is 1.11 bits per heavy atom. The number of hydrogen-bond acceptors (Lipinski definition) is 1. The summed E-state index contributed by atoms with van der Waals surface area (Å²) in [6.45, 7) is 0. The molecule has 0 aromatic rings. The molecule has 1 nitrogen and oxygen atoms in total. The van der Waals surface area contributed by atoms with Crippen LogP contribution < -0.4 is 0 Å². The van der Waals surface area contributed by atoms with Crippen molar-refractivity contribution < 1.29 is 4.79 Å². The predicted octanol–water partition coefficient (Wildman–Crippen LogP) is 3.60. The standard InChI is InChI=1S/C17H18O/c18-13-6-9-15-12(10-13)5-8-16-14-3-1-2-11(14)4-7-17(15)16/h1-3,5,8,10-11,15-17H,4,6-7,9H2. The van der Waals surface area contributed by atoms with E-state index in [2.05, 4.69) is 30.4 Å². The van der Waals surface area contributed by atoms with E-state index < -0.39 is 0 Å². The summed E-state index contributed by atoms with van der Waals surface area (Å²) >= 11 is 0. The lowest BCUT2D eigenvalue weighted by molar-refractivity contribution is -0.115. The molecule has 0 heterocycles. The second kappa shape index (κ2) is 3.81. The number of allylic oxidation sites excluding steroid dienone is 8. The number of carbonyl (C=O) groups is 1. The van der Waals surface area contributed by atoms with Gasteiger partial charge in [0.1, 0.15) is 0 Å². The maximum Gasteiger partial charge on any atom is 0.155 e. The summed E-state index contributed by atoms with van der Waals surface area (Å²) in [5.41, 5.74) is 2.93. The number of hydrogen-bond donors (Lipinski definition) is 0. The molecular weight excluding hydrogens is 220 g/mol. The third kappa shape index (κ3) is 1.43. The van der Waals surface area contributed by atoms with Crippen LogP contribution in [0.4, 0.5) is 0 Å². The molecule has 0 amide bonds. The summed E-state index contributed by atoms with van der Waals surface area (Å²) in [4.78, 5) is 11.5. The smallest absolute Gasteiger partial charge is 0.155 e. The molecule has 0 spiro atoms. The normalized spacial score (nSPS) is 40.8. The largest absolute Gasteiger partial charge is 0.295 e. The highest BCUT2D eigenvalue weighted by atomic mass is 16.1. The van der Waals surface area contributed by atoms with Crippen molar-refractivity contribution in [1.29, 1.82) is 0 Å². The average molecular weight is 238 g/mol. The maximum absolute atomic E-state index is 11.5. The van der Waals surface area contributed by atoms with Gasteiger partial charge in [-0.05, 0) is 48.7 Å². The van der Waals surface area contributed by atoms with E-state index in [0.717, 1.165) is 18.8 Å². The van der Waals surface area contributed by atoms with Crippen LogP contribution >= 0.6 is 0 Å². The predicted molar refractivity (Wildman–Crippen MR) is 71.9 cm³/mol. The molecule has 18 heavy (non-hydrogen) atoms. The minimum atomic E-state index is 0.319. The Morgan fingerprint density at radius 3 is 3.00 bits per heavy atom. The lowest BCUT2D eigenvalue weighted by atomic mass is 9.61. The van der Waals surface area contributed by atoms with Crippen LogP contribution in [-0.2, 0) is 4.79 Å². The average Bonchev–Trinajstić information content (AvgIpc) is 2.86. The van der Waals surface area contributed by atoms with E-state index in [1.807, 2.05) is 6.08 Å². The fraction of sp³-hybridized carbons (Fsp3) is 0.471. The number of fused-ring (bicyclic) bond motifs is 5. The van der Waals surface area contributed by atoms with Crippen molar-refractivity contribution in [2.75, 3.05) is 0 Å². The first-order chi connectivity index (χ1) is 8.83. The second-order valence-corrected chi connectivity index (χ2v) is 6.04. The Morgan fingerprint density at radius 2 is 2.06 bits per heavy atom. The molecule has 1 heteroatoms. The van der Waals surface area contributed by atoms with Crippen molar-refractivity contribution >= 4 is 5.78 Å². The van der Waals surface area contributed by atoms with Gasteiger partial charge in [-0.25, -0.2) is 0 Å². The monoisotopic (exact) mass is 238 g/mol. The molecule has 0 radical (unpaired) electrons. The molecule has 4 atom stereocenters. The SMILES string of the molecule is O=C1C=C2C=CC3C4=CC=CC4CCC3C2CC1. The van der Waals surface area contributed by atoms with Crippen molar-refractivity contribution in [2.45, 2.75) is 25.7 Å². The second-order valence-electron chi connectivity index (χ2n) is 6.04. The summed E-state index contributed by atoms with van der Waals surface area (Å²) in [5, 5.41) is 0. The van der Waals surface area contributed by atoms with E-state index in [9.17, 15) is 4.79 Å². The van der Waals surface area contributed by atoms with Crippen LogP contribution in [0.1, 0.15) is 25.7 Å². The Bertz CT molecular complexity index is 518. The van der Waals surface area contributed by atoms with Crippen molar-refractivity contribution in [3.05, 3.63) is 47.6 Å². The molecule has 1 fully saturated rings. The van der Waals surface area contributed by atoms with Gasteiger partial charge in [-0.3, -0.25) is 4.79 Å². The summed E-state index contributed by atoms with van der Waals surface area (Å²) < 4.78 is 0. The Hall–Kier alpha value is -1.37. The molecule has 0 saturated heterocycles. The zero-order valence-corrected chi connectivity index (χ0v) is 10.5. The molecule has 4 unspecified atom stereocenters. The van der Waals surface area contributed by atoms with Crippen molar-refractivity contribution in [3.63, 3.8) is 0 Å². The summed E-state index contributed by atoms with van der Waals surface area (Å²) in [6.07, 6.45) is 17.8. The van der Waals surface area contributed by atoms with Gasteiger partial charge in [0.2, 0.25) is 0 Å². The van der Waals surface area contributed by atoms with E-state index in [-0.39, 0.29) is 0 Å². The highest BCUT2D eigenvalue weighted by molar-refractivity contribution is 5.92. The van der Waals surface area contributed by atoms with E-state index in [1.165, 1.54) is 18.4 Å². The van der Waals surface area contributed by atoms with Gasteiger partial charge >= 0.3 is 0 Å². The molecular formula is C17H18O. The summed E-state index contributed by atoms with van der Waals surface area (Å²) in [7, 11) is 0. The van der Waals surface area contributed by atoms with E-state index in [1.54, 1.807) is 5.57 Å². The topological polar surface area (TPSA) is 17.1 Å². The summed E-state index contributed by atoms with van der Waals surface area (Å²) in [5.74, 6) is 3.04. The van der Waals surface area contributed by atoms with Gasteiger partial charge in [-0.15, -0.1) is 0 Å². The van der Waals surface area contributed by atoms with Gasteiger partial charge in [-0.2, -0.15) is 0 Å². The van der Waals surface area contributed by atoms with Crippen LogP contribution in [-0.4, -0.2) is 5.78 Å². The number of rotatable bonds is 0. The molecule has 0 aromatic heterocycles. The Kier molecular flexibility index (Phi) is 2.23. The maximum atomic E-state index is 11.5. The van der Waals surface area contributed by atoms with Crippen LogP contribution in [0.25, 0.3) is 0 Å². The molecule has 0 aromatic carbocycles. The van der Waals surface area contributed by atoms with Gasteiger partial charge in [0.25, 0.3) is 0 Å². The van der Waals surface area contributed by atoms with E-state index in [0.29, 0.717) is 23.5 Å². The fourth-order valence-corrected chi connectivity index (χ4v) is 4.34. The molecule has 1 saturated carbocycles.